The van der Waals surface area contributed by atoms with E-state index in [4.69, 9.17) is 4.74 Å². The second-order valence-corrected chi connectivity index (χ2v) is 9.77. The number of hydrogen-bond acceptors (Lipinski definition) is 7. The van der Waals surface area contributed by atoms with E-state index in [1.807, 2.05) is 0 Å². The first-order chi connectivity index (χ1) is 14.2. The molecule has 2 aliphatic carbocycles. The van der Waals surface area contributed by atoms with Crippen molar-refractivity contribution in [3.63, 3.8) is 0 Å². The van der Waals surface area contributed by atoms with Crippen LogP contribution in [0.1, 0.15) is 16.8 Å². The first-order valence-corrected chi connectivity index (χ1v) is 11.1. The van der Waals surface area contributed by atoms with Crippen molar-refractivity contribution >= 4 is 61.1 Å². The number of amides is 2. The van der Waals surface area contributed by atoms with Gasteiger partial charge in [0.2, 0.25) is 17.6 Å². The highest BCUT2D eigenvalue weighted by Crippen LogP contribution is 2.60. The third kappa shape index (κ3) is 3.37. The molecule has 9 nitrogen and oxygen atoms in total. The van der Waals surface area contributed by atoms with E-state index in [1.165, 1.54) is 18.2 Å². The molecule has 158 valence electrons. The molecule has 3 fully saturated rings. The molecule has 0 spiro atoms. The van der Waals surface area contributed by atoms with Gasteiger partial charge in [0.25, 0.3) is 5.69 Å². The molecule has 4 rings (SSSR count). The number of halogens is 2. The molecule has 2 amide bonds. The lowest BCUT2D eigenvalue weighted by molar-refractivity contribution is -0.384. The minimum absolute atomic E-state index is 0.0307. The quantitative estimate of drug-likeness (QED) is 0.134. The summed E-state index contributed by atoms with van der Waals surface area (Å²) >= 11 is 7.18. The number of carbonyl (C=O) groups is 4. The second kappa shape index (κ2) is 7.84. The molecule has 0 aromatic heterocycles. The van der Waals surface area contributed by atoms with Crippen molar-refractivity contribution in [2.75, 3.05) is 13.2 Å². The number of nitro groups is 1. The summed E-state index contributed by atoms with van der Waals surface area (Å²) in [5.41, 5.74) is -0.222. The van der Waals surface area contributed by atoms with E-state index in [2.05, 4.69) is 31.9 Å². The van der Waals surface area contributed by atoms with E-state index in [-0.39, 0.29) is 44.6 Å². The third-order valence-corrected chi connectivity index (χ3v) is 9.32. The number of nitrogens with zero attached hydrogens (tertiary/aromatic N) is 2. The van der Waals surface area contributed by atoms with Crippen LogP contribution in [0.5, 0.6) is 0 Å². The molecule has 1 aromatic carbocycles. The van der Waals surface area contributed by atoms with Gasteiger partial charge in [0, 0.05) is 27.4 Å². The van der Waals surface area contributed by atoms with Gasteiger partial charge in [-0.05, 0) is 18.3 Å². The first-order valence-electron chi connectivity index (χ1n) is 9.27. The van der Waals surface area contributed by atoms with Crippen LogP contribution in [0.15, 0.2) is 24.3 Å². The molecule has 1 saturated heterocycles. The summed E-state index contributed by atoms with van der Waals surface area (Å²) in [5, 5.41) is 10.8. The third-order valence-electron chi connectivity index (χ3n) is 6.11. The molecule has 2 bridgehead atoms. The Morgan fingerprint density at radius 2 is 1.73 bits per heavy atom. The van der Waals surface area contributed by atoms with Gasteiger partial charge < -0.3 is 4.74 Å². The minimum Gasteiger partial charge on any atom is -0.456 e. The highest BCUT2D eigenvalue weighted by molar-refractivity contribution is 9.12. The summed E-state index contributed by atoms with van der Waals surface area (Å²) in [6.07, 6.45) is 0.786. The highest BCUT2D eigenvalue weighted by atomic mass is 79.9. The van der Waals surface area contributed by atoms with Crippen molar-refractivity contribution in [3.05, 3.63) is 39.9 Å². The Balaban J connectivity index is 1.36. The normalized spacial score (nSPS) is 31.7. The van der Waals surface area contributed by atoms with E-state index in [1.54, 1.807) is 0 Å². The molecular formula is C19H16Br2N2O7. The number of nitro benzene ring substituents is 1. The van der Waals surface area contributed by atoms with E-state index in [0.29, 0.717) is 0 Å². The van der Waals surface area contributed by atoms with Crippen LogP contribution < -0.4 is 0 Å². The number of rotatable bonds is 6. The van der Waals surface area contributed by atoms with Crippen LogP contribution >= 0.6 is 31.9 Å². The van der Waals surface area contributed by atoms with Crippen molar-refractivity contribution in [1.29, 1.82) is 0 Å². The number of imide groups is 1. The molecule has 2 saturated carbocycles. The molecule has 1 aromatic rings. The summed E-state index contributed by atoms with van der Waals surface area (Å²) < 4.78 is 4.93. The maximum atomic E-state index is 12.8. The number of carbonyl (C=O) groups excluding carboxylic acids is 4. The van der Waals surface area contributed by atoms with E-state index in [0.717, 1.165) is 17.4 Å². The molecule has 0 N–H and O–H groups in total. The van der Waals surface area contributed by atoms with Gasteiger partial charge in [0.05, 0.1) is 16.8 Å². The number of non-ortho nitro benzene ring substituents is 1. The van der Waals surface area contributed by atoms with Crippen LogP contribution in [0, 0.1) is 33.8 Å². The molecule has 0 unspecified atom stereocenters. The lowest BCUT2D eigenvalue weighted by Gasteiger charge is -2.28. The SMILES string of the molecule is O=C(CN1C(=O)[C@H]2[C@@H]3C[C@@H]([C@@H](Br)[C@H]3Br)[C@@H]2C1=O)OCC(=O)c1cccc([N+](=O)[O-])c1. The van der Waals surface area contributed by atoms with Crippen LogP contribution in [0.25, 0.3) is 0 Å². The predicted molar refractivity (Wildman–Crippen MR) is 109 cm³/mol. The summed E-state index contributed by atoms with van der Waals surface area (Å²) in [6, 6.07) is 5.07. The van der Waals surface area contributed by atoms with Crippen molar-refractivity contribution in [2.24, 2.45) is 23.7 Å². The van der Waals surface area contributed by atoms with Gasteiger partial charge in [-0.25, -0.2) is 0 Å². The van der Waals surface area contributed by atoms with Crippen molar-refractivity contribution in [2.45, 2.75) is 16.1 Å². The summed E-state index contributed by atoms with van der Waals surface area (Å²) in [4.78, 5) is 61.2. The topological polar surface area (TPSA) is 124 Å². The number of Topliss-reactive ketones (excluding diaryl/α,β-unsaturated/α-hetero) is 1. The van der Waals surface area contributed by atoms with Crippen LogP contribution in [-0.4, -0.2) is 56.2 Å². The number of hydrogen-bond donors (Lipinski definition) is 0. The number of esters is 1. The predicted octanol–water partition coefficient (Wildman–Crippen LogP) is 2.10. The van der Waals surface area contributed by atoms with Crippen LogP contribution in [0.3, 0.4) is 0 Å². The van der Waals surface area contributed by atoms with E-state index < -0.39 is 41.7 Å². The number of benzene rings is 1. The summed E-state index contributed by atoms with van der Waals surface area (Å²) in [7, 11) is 0. The van der Waals surface area contributed by atoms with Gasteiger partial charge >= 0.3 is 5.97 Å². The number of likely N-dealkylation sites (tertiary alicyclic amines) is 1. The largest absolute Gasteiger partial charge is 0.456 e. The average molecular weight is 544 g/mol. The molecular weight excluding hydrogens is 528 g/mol. The van der Waals surface area contributed by atoms with Gasteiger partial charge in [0.1, 0.15) is 6.54 Å². The zero-order valence-corrected chi connectivity index (χ0v) is 18.6. The Hall–Kier alpha value is -2.14. The smallest absolute Gasteiger partial charge is 0.326 e. The van der Waals surface area contributed by atoms with E-state index in [9.17, 15) is 29.3 Å². The molecule has 30 heavy (non-hydrogen) atoms. The van der Waals surface area contributed by atoms with Crippen LogP contribution in [0.4, 0.5) is 5.69 Å². The van der Waals surface area contributed by atoms with Gasteiger partial charge in [-0.1, -0.05) is 44.0 Å². The van der Waals surface area contributed by atoms with Gasteiger partial charge in [-0.3, -0.25) is 34.2 Å². The highest BCUT2D eigenvalue weighted by Gasteiger charge is 2.66. The molecule has 0 radical (unpaired) electrons. The Morgan fingerprint density at radius 3 is 2.30 bits per heavy atom. The van der Waals surface area contributed by atoms with Crippen LogP contribution in [-0.2, 0) is 19.1 Å². The van der Waals surface area contributed by atoms with Crippen molar-refractivity contribution in [3.8, 4) is 0 Å². The number of ether oxygens (including phenoxy) is 1. The minimum atomic E-state index is -0.881. The van der Waals surface area contributed by atoms with Gasteiger partial charge in [0.15, 0.2) is 6.61 Å². The molecule has 3 aliphatic rings. The molecule has 6 atom stereocenters. The Labute approximate surface area is 187 Å². The number of ketones is 1. The average Bonchev–Trinajstić information content (AvgIpc) is 3.33. The Kier molecular flexibility index (Phi) is 5.52. The van der Waals surface area contributed by atoms with Crippen molar-refractivity contribution < 1.29 is 28.8 Å². The van der Waals surface area contributed by atoms with Gasteiger partial charge in [-0.2, -0.15) is 0 Å². The lowest BCUT2D eigenvalue weighted by Crippen LogP contribution is -2.38. The Morgan fingerprint density at radius 1 is 1.13 bits per heavy atom. The van der Waals surface area contributed by atoms with E-state index >= 15 is 0 Å². The second-order valence-electron chi connectivity index (χ2n) is 7.66. The maximum Gasteiger partial charge on any atom is 0.326 e. The number of fused-ring (bicyclic) bond motifs is 5. The fourth-order valence-corrected chi connectivity index (χ4v) is 6.64. The summed E-state index contributed by atoms with van der Waals surface area (Å²) in [5.74, 6) is -3.03. The standard InChI is InChI=1S/C19H16Br2N2O7/c20-16-10-5-11(17(16)21)15-14(10)18(26)22(19(15)27)6-13(25)30-7-12(24)8-2-1-3-9(4-8)23(28)29/h1-4,10-11,14-17H,5-7H2/t10-,11+,14-,15-,16-,17+/m0/s1. The first kappa shape index (κ1) is 21.1. The lowest BCUT2D eigenvalue weighted by atomic mass is 9.81. The van der Waals surface area contributed by atoms with Crippen LogP contribution in [0.2, 0.25) is 0 Å². The molecule has 1 heterocycles. The zero-order valence-electron chi connectivity index (χ0n) is 15.4. The Bertz CT molecular complexity index is 936. The molecule has 11 heteroatoms. The molecule has 1 aliphatic heterocycles. The summed E-state index contributed by atoms with van der Waals surface area (Å²) in [6.45, 7) is -1.19. The van der Waals surface area contributed by atoms with Crippen molar-refractivity contribution in [1.82, 2.24) is 4.90 Å². The fraction of sp³-hybridized carbons (Fsp3) is 0.474. The maximum absolute atomic E-state index is 12.8. The van der Waals surface area contributed by atoms with Gasteiger partial charge in [-0.15, -0.1) is 0 Å². The number of alkyl halides is 2. The zero-order chi connectivity index (χ0) is 21.7. The fourth-order valence-electron chi connectivity index (χ4n) is 4.76. The monoisotopic (exact) mass is 542 g/mol.